The number of hydrogen-bond donors (Lipinski definition) is 1. The van der Waals surface area contributed by atoms with Crippen molar-refractivity contribution < 1.29 is 9.53 Å². The Morgan fingerprint density at radius 2 is 2.11 bits per heavy atom. The van der Waals surface area contributed by atoms with Gasteiger partial charge in [-0.3, -0.25) is 4.79 Å². The predicted molar refractivity (Wildman–Crippen MR) is 72.2 cm³/mol. The molecular formula is C13H15Cl2NO2. The first-order valence-electron chi connectivity index (χ1n) is 5.91. The van der Waals surface area contributed by atoms with Gasteiger partial charge < -0.3 is 10.1 Å². The Bertz CT molecular complexity index is 459. The lowest BCUT2D eigenvalue weighted by Crippen LogP contribution is -2.34. The number of methoxy groups -OCH3 is 1. The molecule has 5 heteroatoms. The van der Waals surface area contributed by atoms with Crippen molar-refractivity contribution in [1.29, 1.82) is 0 Å². The summed E-state index contributed by atoms with van der Waals surface area (Å²) in [6.45, 7) is 0.401. The average Bonchev–Trinajstić information content (AvgIpc) is 2.27. The lowest BCUT2D eigenvalue weighted by Gasteiger charge is -2.24. The molecule has 1 aliphatic carbocycles. The summed E-state index contributed by atoms with van der Waals surface area (Å²) in [5, 5.41) is 3.93. The number of nitrogens with one attached hydrogen (secondary N) is 1. The van der Waals surface area contributed by atoms with Gasteiger partial charge in [0.1, 0.15) is 5.75 Å². The van der Waals surface area contributed by atoms with Gasteiger partial charge in [0.05, 0.1) is 12.1 Å². The maximum atomic E-state index is 11.7. The molecular weight excluding hydrogens is 273 g/mol. The third kappa shape index (κ3) is 2.90. The van der Waals surface area contributed by atoms with Crippen LogP contribution in [0, 0.1) is 5.92 Å². The molecule has 0 bridgehead atoms. The van der Waals surface area contributed by atoms with E-state index in [1.54, 1.807) is 12.1 Å². The number of carbonyl (C=O) groups is 1. The van der Waals surface area contributed by atoms with Gasteiger partial charge in [-0.15, -0.1) is 0 Å². The first-order valence-corrected chi connectivity index (χ1v) is 6.67. The molecule has 0 radical (unpaired) electrons. The molecule has 0 aliphatic heterocycles. The van der Waals surface area contributed by atoms with Crippen LogP contribution < -0.4 is 10.1 Å². The van der Waals surface area contributed by atoms with E-state index in [4.69, 9.17) is 27.9 Å². The molecule has 2 rings (SSSR count). The van der Waals surface area contributed by atoms with Crippen molar-refractivity contribution in [2.75, 3.05) is 7.11 Å². The van der Waals surface area contributed by atoms with Crippen molar-refractivity contribution >= 4 is 29.1 Å². The van der Waals surface area contributed by atoms with E-state index in [1.807, 2.05) is 0 Å². The summed E-state index contributed by atoms with van der Waals surface area (Å²) < 4.78 is 5.07. The van der Waals surface area contributed by atoms with Crippen LogP contribution >= 0.6 is 23.2 Å². The zero-order valence-electron chi connectivity index (χ0n) is 10.1. The van der Waals surface area contributed by atoms with E-state index in [1.165, 1.54) is 7.11 Å². The van der Waals surface area contributed by atoms with Crippen molar-refractivity contribution in [1.82, 2.24) is 5.32 Å². The minimum absolute atomic E-state index is 0.101. The summed E-state index contributed by atoms with van der Waals surface area (Å²) in [5.74, 6) is 0.817. The van der Waals surface area contributed by atoms with Crippen LogP contribution in [-0.2, 0) is 11.3 Å². The maximum absolute atomic E-state index is 11.7. The largest absolute Gasteiger partial charge is 0.495 e. The Labute approximate surface area is 116 Å². The quantitative estimate of drug-likeness (QED) is 0.922. The SMILES string of the molecule is COc1cc(Cl)c(CNC(=O)C2CCC2)cc1Cl. The Kier molecular flexibility index (Phi) is 4.36. The number of benzene rings is 1. The minimum atomic E-state index is 0.101. The zero-order chi connectivity index (χ0) is 13.1. The van der Waals surface area contributed by atoms with Crippen molar-refractivity contribution in [2.24, 2.45) is 5.92 Å². The summed E-state index contributed by atoms with van der Waals surface area (Å²) in [7, 11) is 1.54. The number of rotatable bonds is 4. The van der Waals surface area contributed by atoms with Crippen molar-refractivity contribution in [3.05, 3.63) is 27.7 Å². The molecule has 0 spiro atoms. The van der Waals surface area contributed by atoms with Gasteiger partial charge in [-0.2, -0.15) is 0 Å². The molecule has 1 amide bonds. The Morgan fingerprint density at radius 1 is 1.39 bits per heavy atom. The van der Waals surface area contributed by atoms with Gasteiger partial charge in [-0.1, -0.05) is 29.6 Å². The number of carbonyl (C=O) groups excluding carboxylic acids is 1. The lowest BCUT2D eigenvalue weighted by molar-refractivity contribution is -0.127. The molecule has 0 atom stereocenters. The van der Waals surface area contributed by atoms with Crippen LogP contribution in [-0.4, -0.2) is 13.0 Å². The van der Waals surface area contributed by atoms with E-state index in [9.17, 15) is 4.79 Å². The molecule has 1 saturated carbocycles. The third-order valence-electron chi connectivity index (χ3n) is 3.25. The standard InChI is InChI=1S/C13H15Cl2NO2/c1-18-12-6-10(14)9(5-11(12)15)7-16-13(17)8-3-2-4-8/h5-6,8H,2-4,7H2,1H3,(H,16,17). The minimum Gasteiger partial charge on any atom is -0.495 e. The second-order valence-corrected chi connectivity index (χ2v) is 5.24. The predicted octanol–water partition coefficient (Wildman–Crippen LogP) is 3.42. The van der Waals surface area contributed by atoms with Gasteiger partial charge in [0.2, 0.25) is 5.91 Å². The van der Waals surface area contributed by atoms with Crippen LogP contribution in [0.1, 0.15) is 24.8 Å². The number of hydrogen-bond acceptors (Lipinski definition) is 2. The molecule has 18 heavy (non-hydrogen) atoms. The third-order valence-corrected chi connectivity index (χ3v) is 3.90. The van der Waals surface area contributed by atoms with Gasteiger partial charge in [0, 0.05) is 23.6 Å². The second kappa shape index (κ2) is 5.81. The van der Waals surface area contributed by atoms with Gasteiger partial charge >= 0.3 is 0 Å². The fraction of sp³-hybridized carbons (Fsp3) is 0.462. The summed E-state index contributed by atoms with van der Waals surface area (Å²) in [6.07, 6.45) is 3.12. The molecule has 0 heterocycles. The zero-order valence-corrected chi connectivity index (χ0v) is 11.6. The van der Waals surface area contributed by atoms with Crippen molar-refractivity contribution in [2.45, 2.75) is 25.8 Å². The molecule has 1 fully saturated rings. The first kappa shape index (κ1) is 13.5. The topological polar surface area (TPSA) is 38.3 Å². The van der Waals surface area contributed by atoms with E-state index in [0.29, 0.717) is 22.3 Å². The normalized spacial score (nSPS) is 15.1. The van der Waals surface area contributed by atoms with Crippen LogP contribution in [0.2, 0.25) is 10.0 Å². The highest BCUT2D eigenvalue weighted by Crippen LogP contribution is 2.31. The molecule has 1 aliphatic rings. The molecule has 98 valence electrons. The Morgan fingerprint density at radius 3 is 2.67 bits per heavy atom. The summed E-state index contributed by atoms with van der Waals surface area (Å²) in [5.41, 5.74) is 0.801. The monoisotopic (exact) mass is 287 g/mol. The summed E-state index contributed by atoms with van der Waals surface area (Å²) >= 11 is 12.1. The van der Waals surface area contributed by atoms with E-state index in [-0.39, 0.29) is 11.8 Å². The van der Waals surface area contributed by atoms with Crippen LogP contribution in [0.5, 0.6) is 5.75 Å². The highest BCUT2D eigenvalue weighted by molar-refractivity contribution is 6.34. The maximum Gasteiger partial charge on any atom is 0.223 e. The van der Waals surface area contributed by atoms with Crippen LogP contribution in [0.4, 0.5) is 0 Å². The van der Waals surface area contributed by atoms with Gasteiger partial charge in [-0.05, 0) is 24.5 Å². The van der Waals surface area contributed by atoms with Gasteiger partial charge in [0.25, 0.3) is 0 Å². The summed E-state index contributed by atoms with van der Waals surface area (Å²) in [4.78, 5) is 11.7. The van der Waals surface area contributed by atoms with E-state index >= 15 is 0 Å². The number of amides is 1. The van der Waals surface area contributed by atoms with E-state index in [2.05, 4.69) is 5.32 Å². The fourth-order valence-corrected chi connectivity index (χ4v) is 2.34. The average molecular weight is 288 g/mol. The fourth-order valence-electron chi connectivity index (χ4n) is 1.86. The van der Waals surface area contributed by atoms with E-state index < -0.39 is 0 Å². The second-order valence-electron chi connectivity index (χ2n) is 4.42. The van der Waals surface area contributed by atoms with E-state index in [0.717, 1.165) is 24.8 Å². The van der Waals surface area contributed by atoms with Crippen LogP contribution in [0.3, 0.4) is 0 Å². The number of halogens is 2. The molecule has 0 aromatic heterocycles. The Balaban J connectivity index is 2.00. The molecule has 1 N–H and O–H groups in total. The van der Waals surface area contributed by atoms with Crippen molar-refractivity contribution in [3.63, 3.8) is 0 Å². The highest BCUT2D eigenvalue weighted by atomic mass is 35.5. The summed E-state index contributed by atoms with van der Waals surface area (Å²) in [6, 6.07) is 3.39. The van der Waals surface area contributed by atoms with Crippen molar-refractivity contribution in [3.8, 4) is 5.75 Å². The van der Waals surface area contributed by atoms with Gasteiger partial charge in [0.15, 0.2) is 0 Å². The smallest absolute Gasteiger partial charge is 0.223 e. The Hall–Kier alpha value is -0.930. The number of ether oxygens (including phenoxy) is 1. The molecule has 0 unspecified atom stereocenters. The van der Waals surface area contributed by atoms with Gasteiger partial charge in [-0.25, -0.2) is 0 Å². The molecule has 1 aromatic carbocycles. The lowest BCUT2D eigenvalue weighted by atomic mass is 9.85. The molecule has 0 saturated heterocycles. The molecule has 3 nitrogen and oxygen atoms in total. The van der Waals surface area contributed by atoms with Crippen LogP contribution in [0.15, 0.2) is 12.1 Å². The van der Waals surface area contributed by atoms with Crippen LogP contribution in [0.25, 0.3) is 0 Å². The first-order chi connectivity index (χ1) is 8.61. The molecule has 1 aromatic rings. The highest BCUT2D eigenvalue weighted by Gasteiger charge is 2.24.